The zero-order valence-electron chi connectivity index (χ0n) is 14.0. The monoisotopic (exact) mass is 356 g/mol. The first-order valence-corrected chi connectivity index (χ1v) is 9.11. The summed E-state index contributed by atoms with van der Waals surface area (Å²) in [6, 6.07) is 15.0. The lowest BCUT2D eigenvalue weighted by Crippen LogP contribution is -2.23. The summed E-state index contributed by atoms with van der Waals surface area (Å²) < 4.78 is 5.12. The normalized spacial score (nSPS) is 13.8. The SMILES string of the molecule is COc1ccc(SCC(=O)Nc2cccc(N3CCCC3=O)c2)cc1. The van der Waals surface area contributed by atoms with Crippen molar-refractivity contribution in [2.24, 2.45) is 0 Å². The summed E-state index contributed by atoms with van der Waals surface area (Å²) in [4.78, 5) is 26.8. The van der Waals surface area contributed by atoms with Crippen molar-refractivity contribution in [3.05, 3.63) is 48.5 Å². The lowest BCUT2D eigenvalue weighted by molar-refractivity contribution is -0.117. The summed E-state index contributed by atoms with van der Waals surface area (Å²) in [5.74, 6) is 1.17. The smallest absolute Gasteiger partial charge is 0.234 e. The Balaban J connectivity index is 1.56. The molecule has 1 saturated heterocycles. The van der Waals surface area contributed by atoms with E-state index in [2.05, 4.69) is 5.32 Å². The average Bonchev–Trinajstić information content (AvgIpc) is 3.06. The fourth-order valence-corrected chi connectivity index (χ4v) is 3.39. The summed E-state index contributed by atoms with van der Waals surface area (Å²) in [6.07, 6.45) is 1.48. The molecule has 0 radical (unpaired) electrons. The van der Waals surface area contributed by atoms with Gasteiger partial charge in [-0.15, -0.1) is 11.8 Å². The molecular formula is C19H20N2O3S. The number of nitrogens with zero attached hydrogens (tertiary/aromatic N) is 1. The van der Waals surface area contributed by atoms with E-state index in [1.165, 1.54) is 11.8 Å². The number of hydrogen-bond acceptors (Lipinski definition) is 4. The average molecular weight is 356 g/mol. The summed E-state index contributed by atoms with van der Waals surface area (Å²) in [6.45, 7) is 0.740. The fourth-order valence-electron chi connectivity index (χ4n) is 2.69. The highest BCUT2D eigenvalue weighted by Gasteiger charge is 2.21. The summed E-state index contributed by atoms with van der Waals surface area (Å²) >= 11 is 1.46. The number of amides is 2. The Morgan fingerprint density at radius 1 is 1.24 bits per heavy atom. The van der Waals surface area contributed by atoms with Crippen LogP contribution in [0.5, 0.6) is 5.75 Å². The quantitative estimate of drug-likeness (QED) is 0.804. The minimum Gasteiger partial charge on any atom is -0.497 e. The third-order valence-corrected chi connectivity index (χ3v) is 4.96. The molecule has 2 amide bonds. The number of carbonyl (C=O) groups is 2. The van der Waals surface area contributed by atoms with Crippen molar-refractivity contribution >= 4 is 35.0 Å². The number of carbonyl (C=O) groups excluding carboxylic acids is 2. The number of ether oxygens (including phenoxy) is 1. The number of nitrogens with one attached hydrogen (secondary N) is 1. The molecule has 1 fully saturated rings. The van der Waals surface area contributed by atoms with E-state index >= 15 is 0 Å². The molecule has 0 unspecified atom stereocenters. The second-order valence-electron chi connectivity index (χ2n) is 5.71. The molecule has 5 nitrogen and oxygen atoms in total. The molecule has 1 N–H and O–H groups in total. The molecule has 25 heavy (non-hydrogen) atoms. The van der Waals surface area contributed by atoms with Crippen LogP contribution in [0.25, 0.3) is 0 Å². The molecule has 1 aliphatic heterocycles. The molecule has 0 aromatic heterocycles. The van der Waals surface area contributed by atoms with Crippen LogP contribution in [0.2, 0.25) is 0 Å². The Labute approximate surface area is 151 Å². The maximum atomic E-state index is 12.2. The maximum absolute atomic E-state index is 12.2. The van der Waals surface area contributed by atoms with Crippen LogP contribution in [-0.4, -0.2) is 31.2 Å². The van der Waals surface area contributed by atoms with Crippen molar-refractivity contribution in [3.8, 4) is 5.75 Å². The van der Waals surface area contributed by atoms with Crippen molar-refractivity contribution in [2.45, 2.75) is 17.7 Å². The zero-order chi connectivity index (χ0) is 17.6. The van der Waals surface area contributed by atoms with E-state index in [0.29, 0.717) is 17.9 Å². The number of benzene rings is 2. The minimum absolute atomic E-state index is 0.0780. The number of hydrogen-bond donors (Lipinski definition) is 1. The third-order valence-electron chi connectivity index (χ3n) is 3.94. The molecule has 0 atom stereocenters. The predicted octanol–water partition coefficient (Wildman–Crippen LogP) is 3.55. The van der Waals surface area contributed by atoms with Crippen LogP contribution in [0.4, 0.5) is 11.4 Å². The Kier molecular flexibility index (Phi) is 5.60. The molecule has 130 valence electrons. The number of anilines is 2. The van der Waals surface area contributed by atoms with Crippen molar-refractivity contribution < 1.29 is 14.3 Å². The Morgan fingerprint density at radius 3 is 2.72 bits per heavy atom. The first-order valence-electron chi connectivity index (χ1n) is 8.13. The van der Waals surface area contributed by atoms with Crippen LogP contribution < -0.4 is 15.0 Å². The van der Waals surface area contributed by atoms with Crippen LogP contribution in [0, 0.1) is 0 Å². The Morgan fingerprint density at radius 2 is 2.04 bits per heavy atom. The van der Waals surface area contributed by atoms with Gasteiger partial charge in [-0.2, -0.15) is 0 Å². The van der Waals surface area contributed by atoms with Gasteiger partial charge in [0.1, 0.15) is 5.75 Å². The van der Waals surface area contributed by atoms with E-state index < -0.39 is 0 Å². The van der Waals surface area contributed by atoms with Gasteiger partial charge in [-0.1, -0.05) is 6.07 Å². The van der Waals surface area contributed by atoms with Gasteiger partial charge in [0, 0.05) is 29.2 Å². The van der Waals surface area contributed by atoms with Crippen LogP contribution in [0.15, 0.2) is 53.4 Å². The van der Waals surface area contributed by atoms with Gasteiger partial charge < -0.3 is 15.0 Å². The van der Waals surface area contributed by atoms with Gasteiger partial charge >= 0.3 is 0 Å². The molecule has 0 saturated carbocycles. The predicted molar refractivity (Wildman–Crippen MR) is 100 cm³/mol. The Hall–Kier alpha value is -2.47. The highest BCUT2D eigenvalue weighted by molar-refractivity contribution is 8.00. The molecular weight excluding hydrogens is 336 g/mol. The number of thioether (sulfide) groups is 1. The van der Waals surface area contributed by atoms with E-state index in [1.54, 1.807) is 12.0 Å². The summed E-state index contributed by atoms with van der Waals surface area (Å²) in [5, 5.41) is 2.89. The van der Waals surface area contributed by atoms with Crippen molar-refractivity contribution in [1.82, 2.24) is 0 Å². The topological polar surface area (TPSA) is 58.6 Å². The zero-order valence-corrected chi connectivity index (χ0v) is 14.8. The van der Waals surface area contributed by atoms with Crippen molar-refractivity contribution in [1.29, 1.82) is 0 Å². The minimum atomic E-state index is -0.0780. The summed E-state index contributed by atoms with van der Waals surface area (Å²) in [7, 11) is 1.62. The molecule has 2 aromatic rings. The second-order valence-corrected chi connectivity index (χ2v) is 6.76. The molecule has 3 rings (SSSR count). The number of methoxy groups -OCH3 is 1. The van der Waals surface area contributed by atoms with Gasteiger partial charge in [0.25, 0.3) is 0 Å². The summed E-state index contributed by atoms with van der Waals surface area (Å²) in [5.41, 5.74) is 1.54. The highest BCUT2D eigenvalue weighted by Crippen LogP contribution is 2.25. The van der Waals surface area contributed by atoms with Crippen LogP contribution >= 0.6 is 11.8 Å². The highest BCUT2D eigenvalue weighted by atomic mass is 32.2. The third kappa shape index (κ3) is 4.54. The molecule has 6 heteroatoms. The van der Waals surface area contributed by atoms with Gasteiger partial charge in [-0.05, 0) is 48.9 Å². The molecule has 0 aliphatic carbocycles. The van der Waals surface area contributed by atoms with Crippen LogP contribution in [0.1, 0.15) is 12.8 Å². The van der Waals surface area contributed by atoms with E-state index in [4.69, 9.17) is 4.74 Å². The van der Waals surface area contributed by atoms with Crippen LogP contribution in [0.3, 0.4) is 0 Å². The lowest BCUT2D eigenvalue weighted by Gasteiger charge is -2.16. The molecule has 0 bridgehead atoms. The van der Waals surface area contributed by atoms with Crippen molar-refractivity contribution in [3.63, 3.8) is 0 Å². The largest absolute Gasteiger partial charge is 0.497 e. The maximum Gasteiger partial charge on any atom is 0.234 e. The molecule has 0 spiro atoms. The van der Waals surface area contributed by atoms with Gasteiger partial charge in [-0.3, -0.25) is 9.59 Å². The van der Waals surface area contributed by atoms with E-state index in [1.807, 2.05) is 48.5 Å². The molecule has 2 aromatic carbocycles. The van der Waals surface area contributed by atoms with Gasteiger partial charge in [-0.25, -0.2) is 0 Å². The fraction of sp³-hybridized carbons (Fsp3) is 0.263. The molecule has 1 aliphatic rings. The second kappa shape index (κ2) is 8.07. The first-order chi connectivity index (χ1) is 12.2. The molecule has 1 heterocycles. The Bertz CT molecular complexity index is 762. The van der Waals surface area contributed by atoms with E-state index in [-0.39, 0.29) is 11.8 Å². The van der Waals surface area contributed by atoms with Gasteiger partial charge in [0.05, 0.1) is 12.9 Å². The lowest BCUT2D eigenvalue weighted by atomic mass is 10.2. The van der Waals surface area contributed by atoms with Gasteiger partial charge in [0.15, 0.2) is 0 Å². The standard InChI is InChI=1S/C19H20N2O3S/c1-24-16-7-9-17(10-8-16)25-13-18(22)20-14-4-2-5-15(12-14)21-11-3-6-19(21)23/h2,4-5,7-10,12H,3,6,11,13H2,1H3,(H,20,22). The van der Waals surface area contributed by atoms with E-state index in [0.717, 1.165) is 29.3 Å². The first kappa shape index (κ1) is 17.4. The van der Waals surface area contributed by atoms with Crippen LogP contribution in [-0.2, 0) is 9.59 Å². The number of rotatable bonds is 6. The van der Waals surface area contributed by atoms with Gasteiger partial charge in [0.2, 0.25) is 11.8 Å². The van der Waals surface area contributed by atoms with Crippen molar-refractivity contribution in [2.75, 3.05) is 29.6 Å². The van der Waals surface area contributed by atoms with E-state index in [9.17, 15) is 9.59 Å².